The fraction of sp³-hybridized carbons (Fsp3) is 0.429. The van der Waals surface area contributed by atoms with E-state index in [4.69, 9.17) is 0 Å². The zero-order chi connectivity index (χ0) is 14.4. The molecule has 1 aromatic carbocycles. The van der Waals surface area contributed by atoms with Crippen LogP contribution in [-0.2, 0) is 0 Å². The predicted molar refractivity (Wildman–Crippen MR) is 67.3 cm³/mol. The number of amides is 2. The molecule has 1 fully saturated rings. The van der Waals surface area contributed by atoms with Crippen LogP contribution in [0.4, 0.5) is 8.78 Å². The van der Waals surface area contributed by atoms with Gasteiger partial charge in [0.1, 0.15) is 0 Å². The van der Waals surface area contributed by atoms with Crippen molar-refractivity contribution < 1.29 is 18.4 Å². The molecule has 4 nitrogen and oxygen atoms in total. The molecule has 6 heteroatoms. The summed E-state index contributed by atoms with van der Waals surface area (Å²) in [6.07, 6.45) is 0.848. The Hall–Kier alpha value is -1.82. The van der Waals surface area contributed by atoms with E-state index in [1.54, 1.807) is 0 Å². The van der Waals surface area contributed by atoms with Gasteiger partial charge in [-0.15, -0.1) is 0 Å². The Morgan fingerprint density at radius 1 is 1.15 bits per heavy atom. The number of carbonyl (C=O) groups is 2. The quantitative estimate of drug-likeness (QED) is 0.794. The SMILES string of the molecule is CC1CCNCC1N1C(=O)c2cc(F)c(F)cc2C1=O. The van der Waals surface area contributed by atoms with Gasteiger partial charge < -0.3 is 5.32 Å². The van der Waals surface area contributed by atoms with Gasteiger partial charge >= 0.3 is 0 Å². The Morgan fingerprint density at radius 2 is 1.70 bits per heavy atom. The first kappa shape index (κ1) is 13.2. The van der Waals surface area contributed by atoms with E-state index in [1.165, 1.54) is 0 Å². The highest BCUT2D eigenvalue weighted by Crippen LogP contribution is 2.30. The molecule has 2 heterocycles. The van der Waals surface area contributed by atoms with E-state index < -0.39 is 23.4 Å². The van der Waals surface area contributed by atoms with Crippen LogP contribution < -0.4 is 5.32 Å². The molecule has 2 unspecified atom stereocenters. The van der Waals surface area contributed by atoms with Gasteiger partial charge in [0.15, 0.2) is 11.6 Å². The summed E-state index contributed by atoms with van der Waals surface area (Å²) >= 11 is 0. The van der Waals surface area contributed by atoms with Crippen molar-refractivity contribution >= 4 is 11.8 Å². The molecule has 20 heavy (non-hydrogen) atoms. The van der Waals surface area contributed by atoms with Gasteiger partial charge in [0, 0.05) is 6.54 Å². The molecule has 0 saturated carbocycles. The summed E-state index contributed by atoms with van der Waals surface area (Å²) < 4.78 is 26.5. The van der Waals surface area contributed by atoms with E-state index >= 15 is 0 Å². The molecular weight excluding hydrogens is 266 g/mol. The lowest BCUT2D eigenvalue weighted by atomic mass is 9.93. The molecule has 3 rings (SSSR count). The molecule has 1 saturated heterocycles. The first-order valence-corrected chi connectivity index (χ1v) is 6.58. The Bertz CT molecular complexity index is 562. The summed E-state index contributed by atoms with van der Waals surface area (Å²) in [5, 5.41) is 3.14. The van der Waals surface area contributed by atoms with Crippen LogP contribution in [0.25, 0.3) is 0 Å². The number of halogens is 2. The van der Waals surface area contributed by atoms with Crippen molar-refractivity contribution in [2.75, 3.05) is 13.1 Å². The first-order valence-electron chi connectivity index (χ1n) is 6.58. The van der Waals surface area contributed by atoms with Crippen LogP contribution >= 0.6 is 0 Å². The van der Waals surface area contributed by atoms with Crippen molar-refractivity contribution in [1.82, 2.24) is 10.2 Å². The average Bonchev–Trinajstić information content (AvgIpc) is 2.64. The number of rotatable bonds is 1. The molecule has 0 aromatic heterocycles. The fourth-order valence-corrected chi connectivity index (χ4v) is 2.87. The number of carbonyl (C=O) groups excluding carboxylic acids is 2. The van der Waals surface area contributed by atoms with Crippen LogP contribution in [0.1, 0.15) is 34.1 Å². The largest absolute Gasteiger partial charge is 0.315 e. The maximum Gasteiger partial charge on any atom is 0.261 e. The highest BCUT2D eigenvalue weighted by atomic mass is 19.2. The lowest BCUT2D eigenvalue weighted by Gasteiger charge is -2.35. The van der Waals surface area contributed by atoms with E-state index in [-0.39, 0.29) is 23.1 Å². The van der Waals surface area contributed by atoms with E-state index in [2.05, 4.69) is 5.32 Å². The van der Waals surface area contributed by atoms with Gasteiger partial charge in [0.05, 0.1) is 17.2 Å². The maximum atomic E-state index is 13.3. The molecule has 2 aliphatic rings. The summed E-state index contributed by atoms with van der Waals surface area (Å²) in [5.41, 5.74) is -0.0988. The summed E-state index contributed by atoms with van der Waals surface area (Å²) in [6.45, 7) is 3.32. The van der Waals surface area contributed by atoms with Crippen LogP contribution in [0.5, 0.6) is 0 Å². The first-order chi connectivity index (χ1) is 9.50. The third-order valence-corrected chi connectivity index (χ3v) is 4.08. The monoisotopic (exact) mass is 280 g/mol. The van der Waals surface area contributed by atoms with Gasteiger partial charge in [-0.1, -0.05) is 6.92 Å². The Labute approximate surface area is 114 Å². The fourth-order valence-electron chi connectivity index (χ4n) is 2.87. The van der Waals surface area contributed by atoms with Gasteiger partial charge in [-0.3, -0.25) is 14.5 Å². The van der Waals surface area contributed by atoms with Gasteiger partial charge in [0.2, 0.25) is 0 Å². The standard InChI is InChI=1S/C14H14F2N2O2/c1-7-2-3-17-6-12(7)18-13(19)8-4-10(15)11(16)5-9(8)14(18)20/h4-5,7,12,17H,2-3,6H2,1H3. The second-order valence-corrected chi connectivity index (χ2v) is 5.33. The summed E-state index contributed by atoms with van der Waals surface area (Å²) in [5.74, 6) is -3.13. The molecule has 106 valence electrons. The summed E-state index contributed by atoms with van der Waals surface area (Å²) in [7, 11) is 0. The lowest BCUT2D eigenvalue weighted by molar-refractivity contribution is 0.0504. The minimum atomic E-state index is -1.11. The van der Waals surface area contributed by atoms with Crippen LogP contribution in [0.2, 0.25) is 0 Å². The number of nitrogens with one attached hydrogen (secondary N) is 1. The summed E-state index contributed by atoms with van der Waals surface area (Å²) in [4.78, 5) is 25.7. The van der Waals surface area contributed by atoms with E-state index in [0.29, 0.717) is 6.54 Å². The maximum absolute atomic E-state index is 13.3. The predicted octanol–water partition coefficient (Wildman–Crippen LogP) is 1.56. The molecule has 0 bridgehead atoms. The minimum absolute atomic E-state index is 0.0494. The van der Waals surface area contributed by atoms with Crippen LogP contribution in [0, 0.1) is 17.6 Å². The molecule has 0 spiro atoms. The van der Waals surface area contributed by atoms with Crippen molar-refractivity contribution in [3.8, 4) is 0 Å². The number of piperidine rings is 1. The van der Waals surface area contributed by atoms with Crippen LogP contribution in [0.3, 0.4) is 0 Å². The highest BCUT2D eigenvalue weighted by molar-refractivity contribution is 6.21. The molecular formula is C14H14F2N2O2. The van der Waals surface area contributed by atoms with Crippen molar-refractivity contribution in [3.63, 3.8) is 0 Å². The molecule has 2 amide bonds. The molecule has 2 aliphatic heterocycles. The molecule has 1 aromatic rings. The van der Waals surface area contributed by atoms with Crippen molar-refractivity contribution in [3.05, 3.63) is 34.9 Å². The Morgan fingerprint density at radius 3 is 2.20 bits per heavy atom. The Balaban J connectivity index is 2.00. The smallest absolute Gasteiger partial charge is 0.261 e. The molecule has 0 radical (unpaired) electrons. The van der Waals surface area contributed by atoms with Crippen molar-refractivity contribution in [2.24, 2.45) is 5.92 Å². The molecule has 0 aliphatic carbocycles. The number of nitrogens with zero attached hydrogens (tertiary/aromatic N) is 1. The zero-order valence-corrected chi connectivity index (χ0v) is 11.0. The van der Waals surface area contributed by atoms with Crippen molar-refractivity contribution in [2.45, 2.75) is 19.4 Å². The third kappa shape index (κ3) is 1.83. The number of imide groups is 1. The second-order valence-electron chi connectivity index (χ2n) is 5.33. The third-order valence-electron chi connectivity index (χ3n) is 4.08. The zero-order valence-electron chi connectivity index (χ0n) is 11.0. The average molecular weight is 280 g/mol. The highest BCUT2D eigenvalue weighted by Gasteiger charge is 2.43. The number of benzene rings is 1. The second kappa shape index (κ2) is 4.63. The molecule has 1 N–H and O–H groups in total. The minimum Gasteiger partial charge on any atom is -0.315 e. The number of hydrogen-bond acceptors (Lipinski definition) is 3. The van der Waals surface area contributed by atoms with Gasteiger partial charge in [-0.05, 0) is 31.0 Å². The van der Waals surface area contributed by atoms with E-state index in [9.17, 15) is 18.4 Å². The lowest BCUT2D eigenvalue weighted by Crippen LogP contribution is -2.52. The normalized spacial score (nSPS) is 26.1. The summed E-state index contributed by atoms with van der Waals surface area (Å²) in [6, 6.07) is 1.35. The van der Waals surface area contributed by atoms with Crippen molar-refractivity contribution in [1.29, 1.82) is 0 Å². The topological polar surface area (TPSA) is 49.4 Å². The van der Waals surface area contributed by atoms with Gasteiger partial charge in [0.25, 0.3) is 11.8 Å². The number of hydrogen-bond donors (Lipinski definition) is 1. The van der Waals surface area contributed by atoms with Gasteiger partial charge in [-0.25, -0.2) is 8.78 Å². The van der Waals surface area contributed by atoms with Crippen LogP contribution in [-0.4, -0.2) is 35.8 Å². The Kier molecular flexibility index (Phi) is 3.05. The van der Waals surface area contributed by atoms with E-state index in [1.807, 2.05) is 6.92 Å². The van der Waals surface area contributed by atoms with E-state index in [0.717, 1.165) is 30.0 Å². The number of fused-ring (bicyclic) bond motifs is 1. The van der Waals surface area contributed by atoms with Gasteiger partial charge in [-0.2, -0.15) is 0 Å². The molecule has 2 atom stereocenters. The van der Waals surface area contributed by atoms with Crippen LogP contribution in [0.15, 0.2) is 12.1 Å².